The molecular formula is C19H23NO3S. The number of carbonyl (C=O) groups excluding carboxylic acids is 1. The van der Waals surface area contributed by atoms with Crippen LogP contribution in [0.25, 0.3) is 0 Å². The molecule has 0 saturated carbocycles. The van der Waals surface area contributed by atoms with Crippen molar-refractivity contribution in [1.82, 2.24) is 5.32 Å². The topological polar surface area (TPSA) is 47.6 Å². The molecule has 128 valence electrons. The van der Waals surface area contributed by atoms with Gasteiger partial charge in [0.25, 0.3) is 0 Å². The molecule has 4 nitrogen and oxygen atoms in total. The fraction of sp³-hybridized carbons (Fsp3) is 0.316. The van der Waals surface area contributed by atoms with Crippen LogP contribution in [0.3, 0.4) is 0 Å². The third-order valence-corrected chi connectivity index (χ3v) is 4.50. The van der Waals surface area contributed by atoms with Crippen LogP contribution in [0.2, 0.25) is 0 Å². The molecule has 1 atom stereocenters. The summed E-state index contributed by atoms with van der Waals surface area (Å²) >= 11 is 1.50. The molecule has 1 amide bonds. The van der Waals surface area contributed by atoms with Crippen LogP contribution in [0, 0.1) is 0 Å². The summed E-state index contributed by atoms with van der Waals surface area (Å²) in [5, 5.41) is 3.01. The first-order valence-corrected chi connectivity index (χ1v) is 8.90. The van der Waals surface area contributed by atoms with Crippen molar-refractivity contribution in [2.45, 2.75) is 24.8 Å². The van der Waals surface area contributed by atoms with Gasteiger partial charge in [-0.1, -0.05) is 18.2 Å². The molecule has 2 rings (SSSR count). The molecule has 0 fully saturated rings. The highest BCUT2D eigenvalue weighted by Gasteiger charge is 2.13. The number of para-hydroxylation sites is 1. The predicted molar refractivity (Wildman–Crippen MR) is 97.9 cm³/mol. The van der Waals surface area contributed by atoms with Gasteiger partial charge in [0.05, 0.1) is 25.5 Å². The zero-order valence-electron chi connectivity index (χ0n) is 14.2. The number of nitrogens with one attached hydrogen (secondary N) is 1. The molecule has 0 bridgehead atoms. The lowest BCUT2D eigenvalue weighted by atomic mass is 10.1. The molecule has 24 heavy (non-hydrogen) atoms. The Morgan fingerprint density at radius 1 is 1.17 bits per heavy atom. The molecule has 0 heterocycles. The second-order valence-corrected chi connectivity index (χ2v) is 6.27. The standard InChI is InChI=1S/C19H23NO3S/c1-4-23-15-9-11-16(12-10-15)24-13-19(21)20-14(2)17-7-5-6-8-18(17)22-3/h5-12,14H,4,13H2,1-3H3,(H,20,21). The Morgan fingerprint density at radius 2 is 1.88 bits per heavy atom. The molecule has 0 saturated heterocycles. The van der Waals surface area contributed by atoms with E-state index in [0.717, 1.165) is 22.0 Å². The van der Waals surface area contributed by atoms with Crippen LogP contribution in [0.4, 0.5) is 0 Å². The number of benzene rings is 2. The monoisotopic (exact) mass is 345 g/mol. The zero-order valence-corrected chi connectivity index (χ0v) is 15.1. The van der Waals surface area contributed by atoms with Crippen LogP contribution in [0.15, 0.2) is 53.4 Å². The van der Waals surface area contributed by atoms with Crippen LogP contribution in [-0.4, -0.2) is 25.4 Å². The summed E-state index contributed by atoms with van der Waals surface area (Å²) in [4.78, 5) is 13.2. The Labute approximate surface area is 147 Å². The number of methoxy groups -OCH3 is 1. The van der Waals surface area contributed by atoms with E-state index in [0.29, 0.717) is 12.4 Å². The Kier molecular flexibility index (Phi) is 7.00. The van der Waals surface area contributed by atoms with Gasteiger partial charge < -0.3 is 14.8 Å². The first-order chi connectivity index (χ1) is 11.6. The number of hydrogen-bond acceptors (Lipinski definition) is 4. The molecule has 0 aromatic heterocycles. The highest BCUT2D eigenvalue weighted by atomic mass is 32.2. The number of hydrogen-bond donors (Lipinski definition) is 1. The Balaban J connectivity index is 1.86. The molecule has 2 aromatic carbocycles. The fourth-order valence-electron chi connectivity index (χ4n) is 2.33. The van der Waals surface area contributed by atoms with E-state index < -0.39 is 0 Å². The molecule has 5 heteroatoms. The molecule has 0 spiro atoms. The summed E-state index contributed by atoms with van der Waals surface area (Å²) < 4.78 is 10.7. The van der Waals surface area contributed by atoms with Crippen LogP contribution in [-0.2, 0) is 4.79 Å². The van der Waals surface area contributed by atoms with Gasteiger partial charge in [0.15, 0.2) is 0 Å². The van der Waals surface area contributed by atoms with Crippen molar-refractivity contribution in [1.29, 1.82) is 0 Å². The van der Waals surface area contributed by atoms with Crippen molar-refractivity contribution in [2.75, 3.05) is 19.5 Å². The van der Waals surface area contributed by atoms with E-state index in [9.17, 15) is 4.79 Å². The maximum absolute atomic E-state index is 12.2. The Morgan fingerprint density at radius 3 is 2.54 bits per heavy atom. The minimum Gasteiger partial charge on any atom is -0.496 e. The minimum atomic E-state index is -0.102. The van der Waals surface area contributed by atoms with Crippen LogP contribution in [0.1, 0.15) is 25.5 Å². The van der Waals surface area contributed by atoms with Crippen molar-refractivity contribution in [2.24, 2.45) is 0 Å². The van der Waals surface area contributed by atoms with Gasteiger partial charge in [-0.2, -0.15) is 0 Å². The first kappa shape index (κ1) is 18.2. The lowest BCUT2D eigenvalue weighted by Gasteiger charge is -2.17. The van der Waals surface area contributed by atoms with Crippen molar-refractivity contribution in [3.8, 4) is 11.5 Å². The van der Waals surface area contributed by atoms with E-state index in [4.69, 9.17) is 9.47 Å². The van der Waals surface area contributed by atoms with Gasteiger partial charge in [-0.15, -0.1) is 11.8 Å². The maximum atomic E-state index is 12.2. The first-order valence-electron chi connectivity index (χ1n) is 7.92. The molecule has 0 aliphatic rings. The van der Waals surface area contributed by atoms with Crippen molar-refractivity contribution < 1.29 is 14.3 Å². The SMILES string of the molecule is CCOc1ccc(SCC(=O)NC(C)c2ccccc2OC)cc1. The summed E-state index contributed by atoms with van der Waals surface area (Å²) in [5.74, 6) is 1.99. The third-order valence-electron chi connectivity index (χ3n) is 3.49. The van der Waals surface area contributed by atoms with E-state index in [1.54, 1.807) is 7.11 Å². The molecule has 0 aliphatic heterocycles. The van der Waals surface area contributed by atoms with Gasteiger partial charge in [-0.3, -0.25) is 4.79 Å². The van der Waals surface area contributed by atoms with Crippen molar-refractivity contribution in [3.05, 3.63) is 54.1 Å². The number of thioether (sulfide) groups is 1. The Bertz CT molecular complexity index is 658. The fourth-order valence-corrected chi connectivity index (χ4v) is 3.04. The molecule has 2 aromatic rings. The van der Waals surface area contributed by atoms with Gasteiger partial charge in [-0.05, 0) is 44.2 Å². The van der Waals surface area contributed by atoms with E-state index in [1.165, 1.54) is 11.8 Å². The van der Waals surface area contributed by atoms with Gasteiger partial charge in [0.1, 0.15) is 11.5 Å². The van der Waals surface area contributed by atoms with Gasteiger partial charge in [0.2, 0.25) is 5.91 Å². The second kappa shape index (κ2) is 9.23. The molecule has 0 aliphatic carbocycles. The Hall–Kier alpha value is -2.14. The number of amides is 1. The van der Waals surface area contributed by atoms with E-state index >= 15 is 0 Å². The van der Waals surface area contributed by atoms with Crippen molar-refractivity contribution in [3.63, 3.8) is 0 Å². The van der Waals surface area contributed by atoms with Gasteiger partial charge >= 0.3 is 0 Å². The lowest BCUT2D eigenvalue weighted by Crippen LogP contribution is -2.28. The average Bonchev–Trinajstić information content (AvgIpc) is 2.61. The number of rotatable bonds is 8. The molecule has 0 radical (unpaired) electrons. The number of ether oxygens (including phenoxy) is 2. The highest BCUT2D eigenvalue weighted by Crippen LogP contribution is 2.25. The molecular weight excluding hydrogens is 322 g/mol. The van der Waals surface area contributed by atoms with Crippen LogP contribution in [0.5, 0.6) is 11.5 Å². The van der Waals surface area contributed by atoms with E-state index in [-0.39, 0.29) is 11.9 Å². The van der Waals surface area contributed by atoms with Gasteiger partial charge in [0, 0.05) is 10.5 Å². The summed E-state index contributed by atoms with van der Waals surface area (Å²) in [6.45, 7) is 4.56. The zero-order chi connectivity index (χ0) is 17.4. The van der Waals surface area contributed by atoms with Crippen LogP contribution >= 0.6 is 11.8 Å². The summed E-state index contributed by atoms with van der Waals surface area (Å²) in [7, 11) is 1.63. The average molecular weight is 345 g/mol. The third kappa shape index (κ3) is 5.20. The summed E-state index contributed by atoms with van der Waals surface area (Å²) in [6.07, 6.45) is 0. The van der Waals surface area contributed by atoms with Crippen molar-refractivity contribution >= 4 is 17.7 Å². The highest BCUT2D eigenvalue weighted by molar-refractivity contribution is 8.00. The summed E-state index contributed by atoms with van der Waals surface area (Å²) in [5.41, 5.74) is 0.972. The molecule has 1 N–H and O–H groups in total. The van der Waals surface area contributed by atoms with Crippen LogP contribution < -0.4 is 14.8 Å². The number of carbonyl (C=O) groups is 1. The normalized spacial score (nSPS) is 11.6. The quantitative estimate of drug-likeness (QED) is 0.733. The molecule has 1 unspecified atom stereocenters. The minimum absolute atomic E-state index is 0.00714. The smallest absolute Gasteiger partial charge is 0.230 e. The summed E-state index contributed by atoms with van der Waals surface area (Å²) in [6, 6.07) is 15.4. The van der Waals surface area contributed by atoms with E-state index in [2.05, 4.69) is 5.32 Å². The predicted octanol–water partition coefficient (Wildman–Crippen LogP) is 4.06. The van der Waals surface area contributed by atoms with E-state index in [1.807, 2.05) is 62.4 Å². The lowest BCUT2D eigenvalue weighted by molar-refractivity contribution is -0.119. The van der Waals surface area contributed by atoms with Gasteiger partial charge in [-0.25, -0.2) is 0 Å². The maximum Gasteiger partial charge on any atom is 0.230 e. The second-order valence-electron chi connectivity index (χ2n) is 5.22. The largest absolute Gasteiger partial charge is 0.496 e.